The van der Waals surface area contributed by atoms with Gasteiger partial charge in [0.15, 0.2) is 0 Å². The van der Waals surface area contributed by atoms with E-state index in [2.05, 4.69) is 27.4 Å². The quantitative estimate of drug-likeness (QED) is 0.691. The number of esters is 1. The highest BCUT2D eigenvalue weighted by molar-refractivity contribution is 5.94. The molecule has 0 fully saturated rings. The van der Waals surface area contributed by atoms with Crippen LogP contribution < -0.4 is 5.32 Å². The van der Waals surface area contributed by atoms with Crippen molar-refractivity contribution in [2.24, 2.45) is 0 Å². The zero-order chi connectivity index (χ0) is 20.2. The van der Waals surface area contributed by atoms with Crippen molar-refractivity contribution < 1.29 is 14.3 Å². The number of fused-ring (bicyclic) bond motifs is 1. The molecule has 1 aromatic heterocycles. The number of benzene rings is 2. The van der Waals surface area contributed by atoms with E-state index in [9.17, 15) is 9.59 Å². The fourth-order valence-electron chi connectivity index (χ4n) is 3.33. The smallest absolute Gasteiger partial charge is 0.337 e. The number of hydrogen-bond acceptors (Lipinski definition) is 6. The van der Waals surface area contributed by atoms with E-state index in [4.69, 9.17) is 4.74 Å². The summed E-state index contributed by atoms with van der Waals surface area (Å²) in [6.07, 6.45) is 3.88. The normalized spacial score (nSPS) is 12.8. The molecule has 0 saturated carbocycles. The number of ether oxygens (including phenoxy) is 1. The largest absolute Gasteiger partial charge is 0.465 e. The molecule has 146 valence electrons. The van der Waals surface area contributed by atoms with E-state index in [-0.39, 0.29) is 5.91 Å². The standard InChI is InChI=1S/C22H20N4O3/c1-29-21(28)16-7-4-8-19(11-16)25-22-23-12-18(13-24-22)20(27)26-10-9-15-5-2-3-6-17(15)14-26/h2-8,11-13H,9-10,14H2,1H3,(H,23,24,25). The van der Waals surface area contributed by atoms with Crippen molar-refractivity contribution in [1.29, 1.82) is 0 Å². The molecule has 1 aliphatic heterocycles. The van der Waals surface area contributed by atoms with Gasteiger partial charge in [-0.25, -0.2) is 14.8 Å². The molecule has 1 aliphatic rings. The third-order valence-corrected chi connectivity index (χ3v) is 4.86. The summed E-state index contributed by atoms with van der Waals surface area (Å²) in [5, 5.41) is 3.03. The summed E-state index contributed by atoms with van der Waals surface area (Å²) in [6.45, 7) is 1.27. The molecule has 4 rings (SSSR count). The number of carbonyl (C=O) groups excluding carboxylic acids is 2. The number of nitrogens with zero attached hydrogens (tertiary/aromatic N) is 3. The Labute approximate surface area is 168 Å². The number of carbonyl (C=O) groups is 2. The van der Waals surface area contributed by atoms with Gasteiger partial charge in [-0.05, 0) is 35.7 Å². The Bertz CT molecular complexity index is 1050. The van der Waals surface area contributed by atoms with Gasteiger partial charge in [-0.15, -0.1) is 0 Å². The van der Waals surface area contributed by atoms with Gasteiger partial charge in [0.05, 0.1) is 18.2 Å². The average Bonchev–Trinajstić information content (AvgIpc) is 2.78. The van der Waals surface area contributed by atoms with Crippen LogP contribution in [0, 0.1) is 0 Å². The molecule has 0 radical (unpaired) electrons. The molecule has 0 bridgehead atoms. The molecule has 2 aromatic carbocycles. The minimum atomic E-state index is -0.418. The summed E-state index contributed by atoms with van der Waals surface area (Å²) in [5.74, 6) is -0.162. The molecule has 7 nitrogen and oxygen atoms in total. The lowest BCUT2D eigenvalue weighted by Crippen LogP contribution is -2.36. The molecule has 0 atom stereocenters. The van der Waals surface area contributed by atoms with Crippen molar-refractivity contribution in [2.45, 2.75) is 13.0 Å². The monoisotopic (exact) mass is 388 g/mol. The maximum Gasteiger partial charge on any atom is 0.337 e. The van der Waals surface area contributed by atoms with Crippen LogP contribution in [0.4, 0.5) is 11.6 Å². The Hall–Kier alpha value is -3.74. The van der Waals surface area contributed by atoms with E-state index in [1.54, 1.807) is 24.3 Å². The van der Waals surface area contributed by atoms with Crippen LogP contribution in [0.2, 0.25) is 0 Å². The van der Waals surface area contributed by atoms with E-state index in [0.29, 0.717) is 35.9 Å². The molecule has 1 amide bonds. The van der Waals surface area contributed by atoms with E-state index < -0.39 is 5.97 Å². The second-order valence-corrected chi connectivity index (χ2v) is 6.74. The van der Waals surface area contributed by atoms with Gasteiger partial charge in [0, 0.05) is 31.2 Å². The molecule has 0 aliphatic carbocycles. The van der Waals surface area contributed by atoms with Crippen LogP contribution in [-0.4, -0.2) is 40.4 Å². The van der Waals surface area contributed by atoms with E-state index in [1.165, 1.54) is 30.6 Å². The Morgan fingerprint density at radius 3 is 2.52 bits per heavy atom. The fraction of sp³-hybridized carbons (Fsp3) is 0.182. The first-order valence-corrected chi connectivity index (χ1v) is 9.27. The summed E-state index contributed by atoms with van der Waals surface area (Å²) in [4.78, 5) is 34.7. The first-order chi connectivity index (χ1) is 14.1. The van der Waals surface area contributed by atoms with Gasteiger partial charge >= 0.3 is 5.97 Å². The van der Waals surface area contributed by atoms with Gasteiger partial charge in [0.2, 0.25) is 5.95 Å². The zero-order valence-electron chi connectivity index (χ0n) is 16.0. The predicted molar refractivity (Wildman–Crippen MR) is 108 cm³/mol. The molecule has 2 heterocycles. The fourth-order valence-corrected chi connectivity index (χ4v) is 3.33. The van der Waals surface area contributed by atoms with Crippen LogP contribution in [0.25, 0.3) is 0 Å². The second kappa shape index (κ2) is 8.10. The third kappa shape index (κ3) is 4.08. The zero-order valence-corrected chi connectivity index (χ0v) is 16.0. The summed E-state index contributed by atoms with van der Waals surface area (Å²) in [5.41, 5.74) is 3.99. The first kappa shape index (κ1) is 18.6. The summed E-state index contributed by atoms with van der Waals surface area (Å²) in [7, 11) is 1.34. The molecule has 0 unspecified atom stereocenters. The topological polar surface area (TPSA) is 84.4 Å². The highest BCUT2D eigenvalue weighted by Gasteiger charge is 2.22. The van der Waals surface area contributed by atoms with E-state index >= 15 is 0 Å². The molecule has 7 heteroatoms. The first-order valence-electron chi connectivity index (χ1n) is 9.27. The van der Waals surface area contributed by atoms with E-state index in [1.807, 2.05) is 17.0 Å². The van der Waals surface area contributed by atoms with Crippen LogP contribution in [0.1, 0.15) is 31.8 Å². The molecule has 0 spiro atoms. The Balaban J connectivity index is 1.44. The molecular weight excluding hydrogens is 368 g/mol. The van der Waals surface area contributed by atoms with Crippen LogP contribution >= 0.6 is 0 Å². The summed E-state index contributed by atoms with van der Waals surface area (Å²) in [6, 6.07) is 15.0. The lowest BCUT2D eigenvalue weighted by Gasteiger charge is -2.28. The minimum Gasteiger partial charge on any atom is -0.465 e. The van der Waals surface area contributed by atoms with Gasteiger partial charge in [0.25, 0.3) is 5.91 Å². The van der Waals surface area contributed by atoms with Crippen LogP contribution in [0.15, 0.2) is 60.9 Å². The van der Waals surface area contributed by atoms with Crippen molar-refractivity contribution in [3.63, 3.8) is 0 Å². The Kier molecular flexibility index (Phi) is 5.20. The number of anilines is 2. The van der Waals surface area contributed by atoms with Crippen molar-refractivity contribution in [3.8, 4) is 0 Å². The maximum atomic E-state index is 12.8. The summed E-state index contributed by atoms with van der Waals surface area (Å²) < 4.78 is 4.72. The Morgan fingerprint density at radius 1 is 1.00 bits per heavy atom. The number of amides is 1. The van der Waals surface area contributed by atoms with Crippen molar-refractivity contribution in [2.75, 3.05) is 19.0 Å². The van der Waals surface area contributed by atoms with Gasteiger partial charge in [0.1, 0.15) is 0 Å². The second-order valence-electron chi connectivity index (χ2n) is 6.74. The lowest BCUT2D eigenvalue weighted by molar-refractivity contribution is 0.0600. The number of nitrogens with one attached hydrogen (secondary N) is 1. The molecule has 29 heavy (non-hydrogen) atoms. The van der Waals surface area contributed by atoms with Gasteiger partial charge < -0.3 is 15.0 Å². The summed E-state index contributed by atoms with van der Waals surface area (Å²) >= 11 is 0. The average molecular weight is 388 g/mol. The molecule has 3 aromatic rings. The van der Waals surface area contributed by atoms with Crippen molar-refractivity contribution in [1.82, 2.24) is 14.9 Å². The van der Waals surface area contributed by atoms with Crippen LogP contribution in [0.5, 0.6) is 0 Å². The molecule has 1 N–H and O–H groups in total. The Morgan fingerprint density at radius 2 is 1.76 bits per heavy atom. The van der Waals surface area contributed by atoms with Gasteiger partial charge in [-0.2, -0.15) is 0 Å². The molecular formula is C22H20N4O3. The number of hydrogen-bond donors (Lipinski definition) is 1. The highest BCUT2D eigenvalue weighted by Crippen LogP contribution is 2.20. The van der Waals surface area contributed by atoms with Crippen LogP contribution in [-0.2, 0) is 17.7 Å². The number of rotatable bonds is 4. The maximum absolute atomic E-state index is 12.8. The van der Waals surface area contributed by atoms with Gasteiger partial charge in [-0.1, -0.05) is 30.3 Å². The molecule has 0 saturated heterocycles. The van der Waals surface area contributed by atoms with Gasteiger partial charge in [-0.3, -0.25) is 4.79 Å². The third-order valence-electron chi connectivity index (χ3n) is 4.86. The number of methoxy groups -OCH3 is 1. The van der Waals surface area contributed by atoms with Crippen LogP contribution in [0.3, 0.4) is 0 Å². The SMILES string of the molecule is COC(=O)c1cccc(Nc2ncc(C(=O)N3CCc4ccccc4C3)cn2)c1. The minimum absolute atomic E-state index is 0.0845. The number of aromatic nitrogens is 2. The highest BCUT2D eigenvalue weighted by atomic mass is 16.5. The lowest BCUT2D eigenvalue weighted by atomic mass is 9.99. The predicted octanol–water partition coefficient (Wildman–Crippen LogP) is 3.21. The van der Waals surface area contributed by atoms with Crippen molar-refractivity contribution >= 4 is 23.5 Å². The van der Waals surface area contributed by atoms with E-state index in [0.717, 1.165) is 6.42 Å². The van der Waals surface area contributed by atoms with Crippen molar-refractivity contribution in [3.05, 3.63) is 83.2 Å².